The number of thiocarbonyl (C=S) groups is 1. The molecular weight excluding hydrogens is 206 g/mol. The summed E-state index contributed by atoms with van der Waals surface area (Å²) in [6, 6.07) is 4.17. The molecular formula is C11H17N3S. The normalized spacial score (nSPS) is 12.5. The van der Waals surface area contributed by atoms with E-state index in [0.717, 1.165) is 11.4 Å². The van der Waals surface area contributed by atoms with Gasteiger partial charge in [-0.1, -0.05) is 26.1 Å². The summed E-state index contributed by atoms with van der Waals surface area (Å²) in [6.07, 6.45) is 1.69. The van der Waals surface area contributed by atoms with Crippen molar-refractivity contribution in [3.8, 4) is 0 Å². The first kappa shape index (κ1) is 11.9. The lowest BCUT2D eigenvalue weighted by molar-refractivity contribution is 0.558. The molecule has 0 aliphatic heterocycles. The molecule has 1 rings (SSSR count). The van der Waals surface area contributed by atoms with Gasteiger partial charge in [0.1, 0.15) is 10.8 Å². The second-order valence-electron chi connectivity index (χ2n) is 3.97. The van der Waals surface area contributed by atoms with Gasteiger partial charge in [0.25, 0.3) is 0 Å². The molecule has 82 valence electrons. The van der Waals surface area contributed by atoms with Gasteiger partial charge in [0, 0.05) is 17.8 Å². The van der Waals surface area contributed by atoms with Gasteiger partial charge in [-0.25, -0.2) is 4.98 Å². The zero-order valence-electron chi connectivity index (χ0n) is 9.32. The van der Waals surface area contributed by atoms with Crippen molar-refractivity contribution >= 4 is 23.0 Å². The van der Waals surface area contributed by atoms with E-state index in [2.05, 4.69) is 31.1 Å². The van der Waals surface area contributed by atoms with Gasteiger partial charge in [-0.3, -0.25) is 0 Å². The molecule has 1 unspecified atom stereocenters. The van der Waals surface area contributed by atoms with Crippen LogP contribution in [0.2, 0.25) is 0 Å². The number of hydrogen-bond donors (Lipinski definition) is 2. The quantitative estimate of drug-likeness (QED) is 0.768. The van der Waals surface area contributed by atoms with Crippen LogP contribution in [0.25, 0.3) is 0 Å². The third-order valence-electron chi connectivity index (χ3n) is 2.42. The molecule has 0 aliphatic rings. The van der Waals surface area contributed by atoms with Gasteiger partial charge < -0.3 is 11.1 Å². The molecule has 1 heterocycles. The first-order valence-corrected chi connectivity index (χ1v) is 5.44. The maximum atomic E-state index is 5.48. The Morgan fingerprint density at radius 3 is 2.47 bits per heavy atom. The van der Waals surface area contributed by atoms with Gasteiger partial charge in [0.2, 0.25) is 0 Å². The van der Waals surface area contributed by atoms with E-state index in [-0.39, 0.29) is 0 Å². The zero-order valence-corrected chi connectivity index (χ0v) is 10.1. The molecule has 0 aliphatic carbocycles. The van der Waals surface area contributed by atoms with E-state index in [1.165, 1.54) is 0 Å². The SMILES string of the molecule is CC(C)C(C)Nc1ccc(C(N)=S)cn1. The maximum Gasteiger partial charge on any atom is 0.126 e. The van der Waals surface area contributed by atoms with E-state index < -0.39 is 0 Å². The predicted octanol–water partition coefficient (Wildman–Crippen LogP) is 2.17. The summed E-state index contributed by atoms with van der Waals surface area (Å²) in [5.74, 6) is 1.43. The highest BCUT2D eigenvalue weighted by Crippen LogP contribution is 2.10. The van der Waals surface area contributed by atoms with Crippen LogP contribution in [0.15, 0.2) is 18.3 Å². The fourth-order valence-corrected chi connectivity index (χ4v) is 1.15. The van der Waals surface area contributed by atoms with Crippen LogP contribution in [-0.2, 0) is 0 Å². The standard InChI is InChI=1S/C11H17N3S/c1-7(2)8(3)14-10-5-4-9(6-13-10)11(12)15/h4-8H,1-3H3,(H2,12,15)(H,13,14). The maximum absolute atomic E-state index is 5.48. The van der Waals surface area contributed by atoms with E-state index in [1.54, 1.807) is 6.20 Å². The number of nitrogens with two attached hydrogens (primary N) is 1. The van der Waals surface area contributed by atoms with Crippen LogP contribution in [0, 0.1) is 5.92 Å². The van der Waals surface area contributed by atoms with Crippen molar-refractivity contribution in [2.45, 2.75) is 26.8 Å². The minimum atomic E-state index is 0.381. The number of rotatable bonds is 4. The van der Waals surface area contributed by atoms with Gasteiger partial charge >= 0.3 is 0 Å². The van der Waals surface area contributed by atoms with Crippen molar-refractivity contribution in [2.75, 3.05) is 5.32 Å². The fraction of sp³-hybridized carbons (Fsp3) is 0.455. The van der Waals surface area contributed by atoms with Crippen LogP contribution in [0.4, 0.5) is 5.82 Å². The number of hydrogen-bond acceptors (Lipinski definition) is 3. The lowest BCUT2D eigenvalue weighted by atomic mass is 10.1. The van der Waals surface area contributed by atoms with Gasteiger partial charge in [0.15, 0.2) is 0 Å². The summed E-state index contributed by atoms with van der Waals surface area (Å²) in [4.78, 5) is 4.62. The average Bonchev–Trinajstić information content (AvgIpc) is 2.18. The smallest absolute Gasteiger partial charge is 0.126 e. The Hall–Kier alpha value is -1.16. The van der Waals surface area contributed by atoms with Crippen LogP contribution >= 0.6 is 12.2 Å². The van der Waals surface area contributed by atoms with Crippen molar-refractivity contribution in [1.29, 1.82) is 0 Å². The number of nitrogens with one attached hydrogen (secondary N) is 1. The first-order chi connectivity index (χ1) is 7.00. The lowest BCUT2D eigenvalue weighted by Crippen LogP contribution is -2.22. The van der Waals surface area contributed by atoms with E-state index in [1.807, 2.05) is 12.1 Å². The number of aromatic nitrogens is 1. The highest BCUT2D eigenvalue weighted by atomic mass is 32.1. The predicted molar refractivity (Wildman–Crippen MR) is 68.0 cm³/mol. The Morgan fingerprint density at radius 1 is 1.40 bits per heavy atom. The molecule has 1 atom stereocenters. The monoisotopic (exact) mass is 223 g/mol. The summed E-state index contributed by atoms with van der Waals surface area (Å²) >= 11 is 4.85. The van der Waals surface area contributed by atoms with Crippen molar-refractivity contribution in [3.63, 3.8) is 0 Å². The molecule has 1 aromatic heterocycles. The van der Waals surface area contributed by atoms with Crippen LogP contribution in [-0.4, -0.2) is 16.0 Å². The molecule has 4 heteroatoms. The highest BCUT2D eigenvalue weighted by Gasteiger charge is 2.07. The van der Waals surface area contributed by atoms with Gasteiger partial charge in [0.05, 0.1) is 0 Å². The molecule has 0 radical (unpaired) electrons. The average molecular weight is 223 g/mol. The Bertz CT molecular complexity index is 332. The first-order valence-electron chi connectivity index (χ1n) is 5.03. The van der Waals surface area contributed by atoms with Crippen molar-refractivity contribution in [2.24, 2.45) is 11.7 Å². The van der Waals surface area contributed by atoms with Crippen LogP contribution in [0.5, 0.6) is 0 Å². The van der Waals surface area contributed by atoms with E-state index in [0.29, 0.717) is 16.9 Å². The van der Waals surface area contributed by atoms with Crippen molar-refractivity contribution in [3.05, 3.63) is 23.9 Å². The minimum absolute atomic E-state index is 0.381. The van der Waals surface area contributed by atoms with E-state index >= 15 is 0 Å². The molecule has 3 N–H and O–H groups in total. The highest BCUT2D eigenvalue weighted by molar-refractivity contribution is 7.80. The zero-order chi connectivity index (χ0) is 11.4. The molecule has 0 spiro atoms. The second-order valence-corrected chi connectivity index (χ2v) is 4.41. The summed E-state index contributed by atoms with van der Waals surface area (Å²) in [7, 11) is 0. The van der Waals surface area contributed by atoms with Crippen LogP contribution < -0.4 is 11.1 Å². The Morgan fingerprint density at radius 2 is 2.07 bits per heavy atom. The second kappa shape index (κ2) is 5.07. The Labute approximate surface area is 96.1 Å². The fourth-order valence-electron chi connectivity index (χ4n) is 1.02. The van der Waals surface area contributed by atoms with Crippen molar-refractivity contribution in [1.82, 2.24) is 4.98 Å². The minimum Gasteiger partial charge on any atom is -0.389 e. The summed E-state index contributed by atoms with van der Waals surface area (Å²) in [5.41, 5.74) is 6.28. The number of pyridine rings is 1. The topological polar surface area (TPSA) is 50.9 Å². The van der Waals surface area contributed by atoms with Crippen LogP contribution in [0.3, 0.4) is 0 Å². The summed E-state index contributed by atoms with van der Waals surface area (Å²) < 4.78 is 0. The van der Waals surface area contributed by atoms with Gasteiger partial charge in [-0.05, 0) is 25.0 Å². The third kappa shape index (κ3) is 3.47. The molecule has 1 aromatic rings. The molecule has 0 aromatic carbocycles. The summed E-state index contributed by atoms with van der Waals surface area (Å²) in [5, 5.41) is 3.31. The molecule has 0 saturated heterocycles. The largest absolute Gasteiger partial charge is 0.389 e. The van der Waals surface area contributed by atoms with E-state index in [9.17, 15) is 0 Å². The Balaban J connectivity index is 2.68. The van der Waals surface area contributed by atoms with Crippen molar-refractivity contribution < 1.29 is 0 Å². The molecule has 0 bridgehead atoms. The lowest BCUT2D eigenvalue weighted by Gasteiger charge is -2.17. The molecule has 0 amide bonds. The summed E-state index contributed by atoms with van der Waals surface area (Å²) in [6.45, 7) is 6.47. The van der Waals surface area contributed by atoms with E-state index in [4.69, 9.17) is 18.0 Å². The number of nitrogens with zero attached hydrogens (tertiary/aromatic N) is 1. The molecule has 0 fully saturated rings. The van der Waals surface area contributed by atoms with Gasteiger partial charge in [-0.15, -0.1) is 0 Å². The third-order valence-corrected chi connectivity index (χ3v) is 2.66. The Kier molecular flexibility index (Phi) is 4.03. The molecule has 0 saturated carbocycles. The molecule has 15 heavy (non-hydrogen) atoms. The molecule has 3 nitrogen and oxygen atoms in total. The van der Waals surface area contributed by atoms with Crippen LogP contribution in [0.1, 0.15) is 26.3 Å². The van der Waals surface area contributed by atoms with Gasteiger partial charge in [-0.2, -0.15) is 0 Å². The number of anilines is 1.